The fourth-order valence-electron chi connectivity index (χ4n) is 2.41. The Kier molecular flexibility index (Phi) is 2.79. The first-order valence-electron chi connectivity index (χ1n) is 6.25. The molecule has 1 aliphatic heterocycles. The van der Waals surface area contributed by atoms with Crippen LogP contribution < -0.4 is 10.2 Å². The second-order valence-corrected chi connectivity index (χ2v) is 4.97. The second kappa shape index (κ2) is 4.38. The minimum Gasteiger partial charge on any atom is -0.507 e. The lowest BCUT2D eigenvalue weighted by molar-refractivity contribution is 0.248. The molecule has 3 rings (SSSR count). The third-order valence-electron chi connectivity index (χ3n) is 3.47. The van der Waals surface area contributed by atoms with Crippen LogP contribution in [-0.4, -0.2) is 16.3 Å². The van der Waals surface area contributed by atoms with Crippen LogP contribution in [0.4, 0.5) is 0 Å². The Morgan fingerprint density at radius 2 is 2.25 bits per heavy atom. The lowest BCUT2D eigenvalue weighted by Crippen LogP contribution is -2.13. The van der Waals surface area contributed by atoms with Gasteiger partial charge in [-0.2, -0.15) is 0 Å². The van der Waals surface area contributed by atoms with E-state index < -0.39 is 0 Å². The summed E-state index contributed by atoms with van der Waals surface area (Å²) in [5.41, 5.74) is 1.27. The molecular weight excluding hydrogens is 260 g/mol. The molecule has 1 aromatic heterocycles. The van der Waals surface area contributed by atoms with Gasteiger partial charge in [0.05, 0.1) is 0 Å². The fraction of sp³-hybridized carbons (Fsp3) is 0.267. The van der Waals surface area contributed by atoms with Crippen LogP contribution in [0.3, 0.4) is 0 Å². The summed E-state index contributed by atoms with van der Waals surface area (Å²) in [7, 11) is 0. The Labute approximate surface area is 114 Å². The highest BCUT2D eigenvalue weighted by Gasteiger charge is 2.29. The molecule has 0 amide bonds. The molecule has 0 saturated carbocycles. The summed E-state index contributed by atoms with van der Waals surface area (Å²) in [6.07, 6.45) is 0.272. The maximum absolute atomic E-state index is 12.0. The van der Waals surface area contributed by atoms with E-state index in [1.165, 1.54) is 6.07 Å². The smallest absolute Gasteiger partial charge is 0.196 e. The Morgan fingerprint density at radius 1 is 1.50 bits per heavy atom. The number of aliphatic hydroxyl groups excluding tert-OH is 1. The molecule has 1 atom stereocenters. The van der Waals surface area contributed by atoms with Crippen molar-refractivity contribution in [2.45, 2.75) is 26.1 Å². The first kappa shape index (κ1) is 12.7. The molecule has 20 heavy (non-hydrogen) atoms. The third kappa shape index (κ3) is 1.78. The molecule has 0 unspecified atom stereocenters. The van der Waals surface area contributed by atoms with Crippen LogP contribution in [0.2, 0.25) is 0 Å². The molecule has 1 aliphatic rings. The van der Waals surface area contributed by atoms with Gasteiger partial charge in [-0.05, 0) is 12.5 Å². The SMILES string of the molecule is C=C(C)[C@H]1Cc2c(cc3oc(CO)cc(=O)c3c2O)O1. The summed E-state index contributed by atoms with van der Waals surface area (Å²) < 4.78 is 11.1. The highest BCUT2D eigenvalue weighted by Crippen LogP contribution is 2.41. The highest BCUT2D eigenvalue weighted by molar-refractivity contribution is 5.87. The lowest BCUT2D eigenvalue weighted by atomic mass is 10.0. The monoisotopic (exact) mass is 274 g/mol. The molecule has 2 aromatic rings. The molecule has 0 saturated heterocycles. The summed E-state index contributed by atoms with van der Waals surface area (Å²) >= 11 is 0. The molecule has 0 spiro atoms. The largest absolute Gasteiger partial charge is 0.507 e. The van der Waals surface area contributed by atoms with Crippen LogP contribution >= 0.6 is 0 Å². The quantitative estimate of drug-likeness (QED) is 0.817. The molecule has 0 radical (unpaired) electrons. The van der Waals surface area contributed by atoms with Gasteiger partial charge in [-0.15, -0.1) is 0 Å². The molecule has 1 aromatic carbocycles. The van der Waals surface area contributed by atoms with Crippen LogP contribution in [0, 0.1) is 0 Å². The Bertz CT molecular complexity index is 772. The average molecular weight is 274 g/mol. The number of aromatic hydroxyl groups is 1. The normalized spacial score (nSPS) is 17.0. The van der Waals surface area contributed by atoms with Gasteiger partial charge in [0.15, 0.2) is 5.43 Å². The predicted molar refractivity (Wildman–Crippen MR) is 73.0 cm³/mol. The zero-order chi connectivity index (χ0) is 14.4. The van der Waals surface area contributed by atoms with Crippen molar-refractivity contribution in [3.63, 3.8) is 0 Å². The van der Waals surface area contributed by atoms with Crippen molar-refractivity contribution in [1.29, 1.82) is 0 Å². The van der Waals surface area contributed by atoms with E-state index in [0.717, 1.165) is 5.57 Å². The van der Waals surface area contributed by atoms with Crippen LogP contribution in [-0.2, 0) is 13.0 Å². The summed E-state index contributed by atoms with van der Waals surface area (Å²) in [4.78, 5) is 12.0. The number of benzene rings is 1. The molecule has 0 aliphatic carbocycles. The predicted octanol–water partition coefficient (Wildman–Crippen LogP) is 1.87. The maximum atomic E-state index is 12.0. The fourth-order valence-corrected chi connectivity index (χ4v) is 2.41. The highest BCUT2D eigenvalue weighted by atomic mass is 16.5. The van der Waals surface area contributed by atoms with Crippen molar-refractivity contribution in [3.8, 4) is 11.5 Å². The number of aliphatic hydroxyl groups is 1. The van der Waals surface area contributed by atoms with E-state index >= 15 is 0 Å². The zero-order valence-electron chi connectivity index (χ0n) is 11.0. The van der Waals surface area contributed by atoms with Gasteiger partial charge in [-0.3, -0.25) is 4.79 Å². The maximum Gasteiger partial charge on any atom is 0.196 e. The van der Waals surface area contributed by atoms with Crippen LogP contribution in [0.1, 0.15) is 18.2 Å². The Morgan fingerprint density at radius 3 is 2.90 bits per heavy atom. The summed E-state index contributed by atoms with van der Waals surface area (Å²) in [5, 5.41) is 19.5. The van der Waals surface area contributed by atoms with Crippen molar-refractivity contribution in [3.05, 3.63) is 45.8 Å². The summed E-state index contributed by atoms with van der Waals surface area (Å²) in [5.74, 6) is 0.525. The van der Waals surface area contributed by atoms with Crippen LogP contribution in [0.15, 0.2) is 33.5 Å². The zero-order valence-corrected chi connectivity index (χ0v) is 11.0. The first-order valence-corrected chi connectivity index (χ1v) is 6.25. The van der Waals surface area contributed by atoms with E-state index in [4.69, 9.17) is 14.3 Å². The molecule has 5 heteroatoms. The first-order chi connectivity index (χ1) is 9.51. The van der Waals surface area contributed by atoms with Crippen molar-refractivity contribution in [2.24, 2.45) is 0 Å². The van der Waals surface area contributed by atoms with Gasteiger partial charge < -0.3 is 19.4 Å². The average Bonchev–Trinajstić information content (AvgIpc) is 2.82. The van der Waals surface area contributed by atoms with Gasteiger partial charge in [-0.1, -0.05) is 6.58 Å². The summed E-state index contributed by atoms with van der Waals surface area (Å²) in [6.45, 7) is 5.31. The number of hydrogen-bond acceptors (Lipinski definition) is 5. The van der Waals surface area contributed by atoms with Crippen LogP contribution in [0.25, 0.3) is 11.0 Å². The number of ether oxygens (including phenoxy) is 1. The van der Waals surface area contributed by atoms with Gasteiger partial charge in [0.2, 0.25) is 0 Å². The lowest BCUT2D eigenvalue weighted by Gasteiger charge is -2.09. The minimum absolute atomic E-state index is 0.112. The number of hydrogen-bond donors (Lipinski definition) is 2. The van der Waals surface area contributed by atoms with E-state index in [1.807, 2.05) is 6.92 Å². The molecular formula is C15H14O5. The molecule has 0 bridgehead atoms. The third-order valence-corrected chi connectivity index (χ3v) is 3.47. The van der Waals surface area contributed by atoms with E-state index in [2.05, 4.69) is 6.58 Å². The molecule has 2 heterocycles. The van der Waals surface area contributed by atoms with Crippen molar-refractivity contribution >= 4 is 11.0 Å². The van der Waals surface area contributed by atoms with Gasteiger partial charge in [0.1, 0.15) is 40.9 Å². The number of rotatable bonds is 2. The Balaban J connectivity index is 2.26. The number of fused-ring (bicyclic) bond motifs is 2. The van der Waals surface area contributed by atoms with E-state index in [9.17, 15) is 9.90 Å². The topological polar surface area (TPSA) is 79.9 Å². The minimum atomic E-state index is -0.380. The second-order valence-electron chi connectivity index (χ2n) is 4.97. The van der Waals surface area contributed by atoms with E-state index in [1.54, 1.807) is 6.07 Å². The summed E-state index contributed by atoms with van der Waals surface area (Å²) in [6, 6.07) is 2.76. The molecule has 2 N–H and O–H groups in total. The van der Waals surface area contributed by atoms with Crippen molar-refractivity contribution in [1.82, 2.24) is 0 Å². The van der Waals surface area contributed by atoms with Crippen molar-refractivity contribution < 1.29 is 19.4 Å². The molecule has 104 valence electrons. The molecule has 5 nitrogen and oxygen atoms in total. The van der Waals surface area contributed by atoms with Gasteiger partial charge in [0.25, 0.3) is 0 Å². The Hall–Kier alpha value is -2.27. The van der Waals surface area contributed by atoms with Gasteiger partial charge in [0, 0.05) is 24.1 Å². The number of phenolic OH excluding ortho intramolecular Hbond substituents is 1. The van der Waals surface area contributed by atoms with Crippen molar-refractivity contribution in [2.75, 3.05) is 0 Å². The number of phenols is 1. The van der Waals surface area contributed by atoms with E-state index in [0.29, 0.717) is 17.7 Å². The standard InChI is InChI=1S/C15H14O5/c1-7(2)11-4-9-12(20-11)5-13-14(15(9)18)10(17)3-8(6-16)19-13/h3,5,11,16,18H,1,4,6H2,2H3/t11-/m1/s1. The molecule has 0 fully saturated rings. The van der Waals surface area contributed by atoms with Gasteiger partial charge in [-0.25, -0.2) is 0 Å². The van der Waals surface area contributed by atoms with Gasteiger partial charge >= 0.3 is 0 Å². The van der Waals surface area contributed by atoms with Crippen LogP contribution in [0.5, 0.6) is 11.5 Å². The van der Waals surface area contributed by atoms with E-state index in [-0.39, 0.29) is 40.6 Å².